The second-order valence-corrected chi connectivity index (χ2v) is 13.0. The number of aliphatic hydroxyl groups is 3. The normalized spacial score (nSPS) is 47.4. The highest BCUT2D eigenvalue weighted by Crippen LogP contribution is 2.66. The molecule has 7 nitrogen and oxygen atoms in total. The van der Waals surface area contributed by atoms with Gasteiger partial charge in [0, 0.05) is 17.9 Å². The minimum absolute atomic E-state index is 0.156. The zero-order valence-electron chi connectivity index (χ0n) is 23.3. The molecule has 1 aromatic heterocycles. The summed E-state index contributed by atoms with van der Waals surface area (Å²) < 4.78 is 17.3. The van der Waals surface area contributed by atoms with Gasteiger partial charge in [0.2, 0.25) is 0 Å². The van der Waals surface area contributed by atoms with Crippen LogP contribution in [-0.4, -0.2) is 51.6 Å². The lowest BCUT2D eigenvalue weighted by Crippen LogP contribution is -2.57. The molecule has 5 rings (SSSR count). The molecule has 3 fully saturated rings. The molecule has 2 saturated carbocycles. The maximum absolute atomic E-state index is 12.5. The van der Waals surface area contributed by atoms with Crippen molar-refractivity contribution < 1.29 is 29.2 Å². The quantitative estimate of drug-likeness (QED) is 0.487. The minimum Gasteiger partial charge on any atom is -0.431 e. The molecule has 4 aliphatic rings. The standard InChI is InChI=1S/C31H46O7/c1-18-5-9-25-23(19(2)6-8-22(15-18)38-29-27(33)16-26(32)20(3)37-29)11-13-30(4)24(12-14-31(25,30)35)21-7-10-28(34)36-17-21/h7,10,15,17,19-20,22-27,29,32-33,35H,5-6,8-9,11-14,16H2,1-4H3/b18-15+/t19?,20-,22?,23?,24+,25+,26?,27+,29?,30?,31?/m0/s1. The van der Waals surface area contributed by atoms with E-state index in [2.05, 4.69) is 26.8 Å². The van der Waals surface area contributed by atoms with Crippen molar-refractivity contribution in [3.8, 4) is 0 Å². The Morgan fingerprint density at radius 2 is 1.82 bits per heavy atom. The Balaban J connectivity index is 1.35. The van der Waals surface area contributed by atoms with Crippen LogP contribution in [0.1, 0.15) is 97.0 Å². The molecule has 7 heteroatoms. The molecule has 1 aliphatic heterocycles. The molecule has 0 radical (unpaired) electrons. The number of aliphatic hydroxyl groups excluding tert-OH is 2. The van der Waals surface area contributed by atoms with Crippen LogP contribution in [-0.2, 0) is 9.47 Å². The van der Waals surface area contributed by atoms with E-state index in [4.69, 9.17) is 13.9 Å². The summed E-state index contributed by atoms with van der Waals surface area (Å²) in [5, 5.41) is 33.0. The molecule has 1 saturated heterocycles. The van der Waals surface area contributed by atoms with E-state index < -0.39 is 24.1 Å². The van der Waals surface area contributed by atoms with Crippen molar-refractivity contribution in [3.05, 3.63) is 46.0 Å². The van der Waals surface area contributed by atoms with Crippen molar-refractivity contribution in [1.82, 2.24) is 0 Å². The first kappa shape index (κ1) is 28.0. The summed E-state index contributed by atoms with van der Waals surface area (Å²) in [6, 6.07) is 3.39. The molecule has 212 valence electrons. The van der Waals surface area contributed by atoms with E-state index in [1.165, 1.54) is 11.6 Å². The Hall–Kier alpha value is -1.51. The molecule has 3 aliphatic carbocycles. The van der Waals surface area contributed by atoms with Crippen LogP contribution in [0.3, 0.4) is 0 Å². The Bertz CT molecular complexity index is 1050. The van der Waals surface area contributed by atoms with Crippen molar-refractivity contribution in [2.24, 2.45) is 23.2 Å². The monoisotopic (exact) mass is 530 g/mol. The van der Waals surface area contributed by atoms with Gasteiger partial charge in [-0.2, -0.15) is 0 Å². The lowest BCUT2D eigenvalue weighted by atomic mass is 9.52. The molecule has 3 N–H and O–H groups in total. The lowest BCUT2D eigenvalue weighted by Gasteiger charge is -2.56. The largest absolute Gasteiger partial charge is 0.431 e. The number of hydrogen-bond acceptors (Lipinski definition) is 7. The Kier molecular flexibility index (Phi) is 7.98. The van der Waals surface area contributed by atoms with Crippen molar-refractivity contribution in [2.75, 3.05) is 0 Å². The van der Waals surface area contributed by atoms with E-state index in [-0.39, 0.29) is 41.5 Å². The number of hydrogen-bond donors (Lipinski definition) is 3. The van der Waals surface area contributed by atoms with Gasteiger partial charge in [-0.3, -0.25) is 0 Å². The smallest absolute Gasteiger partial charge is 0.335 e. The maximum Gasteiger partial charge on any atom is 0.335 e. The predicted molar refractivity (Wildman–Crippen MR) is 143 cm³/mol. The molecule has 38 heavy (non-hydrogen) atoms. The highest BCUT2D eigenvalue weighted by molar-refractivity contribution is 5.26. The fraction of sp³-hybridized carbons (Fsp3) is 0.774. The zero-order chi connectivity index (χ0) is 27.2. The van der Waals surface area contributed by atoms with Crippen LogP contribution in [0.2, 0.25) is 0 Å². The van der Waals surface area contributed by atoms with Crippen LogP contribution < -0.4 is 5.63 Å². The van der Waals surface area contributed by atoms with E-state index in [9.17, 15) is 20.1 Å². The number of rotatable bonds is 3. The molecule has 7 unspecified atom stereocenters. The third kappa shape index (κ3) is 5.05. The molecule has 11 atom stereocenters. The molecule has 1 aromatic rings. The number of fused-ring (bicyclic) bond motifs is 3. The van der Waals surface area contributed by atoms with Gasteiger partial charge in [-0.1, -0.05) is 25.5 Å². The average Bonchev–Trinajstić information content (AvgIpc) is 3.15. The second-order valence-electron chi connectivity index (χ2n) is 13.0. The molecule has 0 amide bonds. The summed E-state index contributed by atoms with van der Waals surface area (Å²) in [6.45, 7) is 8.53. The van der Waals surface area contributed by atoms with Gasteiger partial charge in [-0.05, 0) is 101 Å². The van der Waals surface area contributed by atoms with Crippen molar-refractivity contribution in [3.63, 3.8) is 0 Å². The van der Waals surface area contributed by atoms with Gasteiger partial charge in [-0.25, -0.2) is 4.79 Å². The lowest BCUT2D eigenvalue weighted by molar-refractivity contribution is -0.270. The average molecular weight is 531 g/mol. The molecular weight excluding hydrogens is 484 g/mol. The van der Waals surface area contributed by atoms with E-state index in [0.717, 1.165) is 56.9 Å². The molecular formula is C31H46O7. The van der Waals surface area contributed by atoms with Crippen molar-refractivity contribution >= 4 is 0 Å². The first-order chi connectivity index (χ1) is 18.0. The first-order valence-electron chi connectivity index (χ1n) is 14.7. The SMILES string of the molecule is C/C1=C\C(OC2O[C@@H](C)C(O)C[C@H]2O)CCC(C)C2CCC3(C)[C@@H](c4ccc(=O)oc4)CCC3(O)[C@@H]2CC1. The van der Waals surface area contributed by atoms with Gasteiger partial charge in [-0.15, -0.1) is 0 Å². The van der Waals surface area contributed by atoms with E-state index in [0.29, 0.717) is 11.8 Å². The molecule has 0 aromatic carbocycles. The summed E-state index contributed by atoms with van der Waals surface area (Å²) in [4.78, 5) is 11.6. The highest BCUT2D eigenvalue weighted by Gasteiger charge is 2.63. The first-order valence-corrected chi connectivity index (χ1v) is 14.7. The van der Waals surface area contributed by atoms with Crippen molar-refractivity contribution in [1.29, 1.82) is 0 Å². The number of allylic oxidation sites excluding steroid dienone is 1. The summed E-state index contributed by atoms with van der Waals surface area (Å²) in [5.41, 5.74) is 0.920. The van der Waals surface area contributed by atoms with Gasteiger partial charge in [0.25, 0.3) is 0 Å². The topological polar surface area (TPSA) is 109 Å². The van der Waals surface area contributed by atoms with Crippen LogP contribution >= 0.6 is 0 Å². The Morgan fingerprint density at radius 3 is 2.55 bits per heavy atom. The molecule has 2 heterocycles. The molecule has 0 spiro atoms. The summed E-state index contributed by atoms with van der Waals surface area (Å²) in [5.74, 6) is 1.25. The van der Waals surface area contributed by atoms with Crippen LogP contribution in [0.25, 0.3) is 0 Å². The maximum atomic E-state index is 12.5. The minimum atomic E-state index is -0.842. The van der Waals surface area contributed by atoms with E-state index in [1.807, 2.05) is 13.0 Å². The second kappa shape index (κ2) is 10.8. The van der Waals surface area contributed by atoms with Crippen LogP contribution in [0.5, 0.6) is 0 Å². The fourth-order valence-corrected chi connectivity index (χ4v) is 8.38. The van der Waals surface area contributed by atoms with E-state index >= 15 is 0 Å². The van der Waals surface area contributed by atoms with Crippen LogP contribution in [0, 0.1) is 23.2 Å². The van der Waals surface area contributed by atoms with Gasteiger partial charge >= 0.3 is 5.63 Å². The predicted octanol–water partition coefficient (Wildman–Crippen LogP) is 4.68. The van der Waals surface area contributed by atoms with Gasteiger partial charge in [0.1, 0.15) is 6.10 Å². The molecule has 0 bridgehead atoms. The Morgan fingerprint density at radius 1 is 1.03 bits per heavy atom. The summed E-state index contributed by atoms with van der Waals surface area (Å²) in [7, 11) is 0. The Labute approximate surface area is 226 Å². The zero-order valence-corrected chi connectivity index (χ0v) is 23.3. The number of ether oxygens (including phenoxy) is 2. The highest BCUT2D eigenvalue weighted by atomic mass is 16.7. The third-order valence-electron chi connectivity index (χ3n) is 10.8. The summed E-state index contributed by atoms with van der Waals surface area (Å²) >= 11 is 0. The van der Waals surface area contributed by atoms with Crippen LogP contribution in [0.4, 0.5) is 0 Å². The fourth-order valence-electron chi connectivity index (χ4n) is 8.38. The van der Waals surface area contributed by atoms with Gasteiger partial charge in [0.05, 0.1) is 30.2 Å². The van der Waals surface area contributed by atoms with Crippen molar-refractivity contribution in [2.45, 2.75) is 128 Å². The summed E-state index contributed by atoms with van der Waals surface area (Å²) in [6.07, 6.45) is 8.58. The van der Waals surface area contributed by atoms with Gasteiger partial charge in [0.15, 0.2) is 6.29 Å². The van der Waals surface area contributed by atoms with Crippen LogP contribution in [0.15, 0.2) is 39.3 Å². The van der Waals surface area contributed by atoms with Gasteiger partial charge < -0.3 is 29.2 Å². The third-order valence-corrected chi connectivity index (χ3v) is 10.8. The van der Waals surface area contributed by atoms with E-state index in [1.54, 1.807) is 6.26 Å².